The second-order valence-electron chi connectivity index (χ2n) is 10.1. The molecular weight excluding hydrogens is 444 g/mol. The zero-order valence-electron chi connectivity index (χ0n) is 19.4. The number of nitrogens with zero attached hydrogens (tertiary/aromatic N) is 2. The van der Waals surface area contributed by atoms with Gasteiger partial charge in [0.25, 0.3) is 0 Å². The average molecular weight is 481 g/mol. The van der Waals surface area contributed by atoms with Crippen molar-refractivity contribution in [1.29, 1.82) is 0 Å². The van der Waals surface area contributed by atoms with Crippen molar-refractivity contribution >= 4 is 0 Å². The SMILES string of the molecule is OC(c1cnc(C(O)C(O)C2COC3(CCCCC3)O2)cn1)C(O)C1COC2(CCCCC2)O1. The van der Waals surface area contributed by atoms with E-state index in [0.717, 1.165) is 64.2 Å². The molecule has 2 saturated carbocycles. The molecule has 0 radical (unpaired) electrons. The molecule has 2 spiro atoms. The van der Waals surface area contributed by atoms with Gasteiger partial charge in [0.2, 0.25) is 0 Å². The summed E-state index contributed by atoms with van der Waals surface area (Å²) in [7, 11) is 0. The Labute approximate surface area is 199 Å². The van der Waals surface area contributed by atoms with Gasteiger partial charge in [-0.3, -0.25) is 9.97 Å². The molecule has 10 heteroatoms. The lowest BCUT2D eigenvalue weighted by Crippen LogP contribution is -2.39. The molecule has 0 bridgehead atoms. The molecule has 34 heavy (non-hydrogen) atoms. The van der Waals surface area contributed by atoms with Gasteiger partial charge in [-0.1, -0.05) is 12.8 Å². The van der Waals surface area contributed by atoms with E-state index in [4.69, 9.17) is 18.9 Å². The van der Waals surface area contributed by atoms with E-state index in [1.807, 2.05) is 0 Å². The molecule has 6 unspecified atom stereocenters. The number of hydrogen-bond acceptors (Lipinski definition) is 10. The molecule has 2 saturated heterocycles. The summed E-state index contributed by atoms with van der Waals surface area (Å²) in [5.41, 5.74) is 0.292. The van der Waals surface area contributed by atoms with Gasteiger partial charge in [0.15, 0.2) is 11.6 Å². The maximum Gasteiger partial charge on any atom is 0.169 e. The van der Waals surface area contributed by atoms with Crippen molar-refractivity contribution in [2.45, 2.75) is 112 Å². The van der Waals surface area contributed by atoms with Crippen LogP contribution in [0, 0.1) is 0 Å². The molecule has 0 aromatic carbocycles. The van der Waals surface area contributed by atoms with Gasteiger partial charge in [0.05, 0.1) is 37.0 Å². The molecule has 3 heterocycles. The highest BCUT2D eigenvalue weighted by Gasteiger charge is 2.47. The molecule has 4 fully saturated rings. The van der Waals surface area contributed by atoms with Crippen LogP contribution in [0.4, 0.5) is 0 Å². The van der Waals surface area contributed by atoms with E-state index in [1.54, 1.807) is 0 Å². The summed E-state index contributed by atoms with van der Waals surface area (Å²) in [5.74, 6) is -1.30. The first-order valence-electron chi connectivity index (χ1n) is 12.6. The molecule has 10 nitrogen and oxygen atoms in total. The van der Waals surface area contributed by atoms with Crippen LogP contribution in [-0.4, -0.2) is 79.6 Å². The number of hydrogen-bond donors (Lipinski definition) is 4. The van der Waals surface area contributed by atoms with E-state index in [2.05, 4.69) is 9.97 Å². The molecule has 1 aromatic rings. The van der Waals surface area contributed by atoms with Crippen molar-refractivity contribution in [3.8, 4) is 0 Å². The molecule has 6 atom stereocenters. The first-order valence-corrected chi connectivity index (χ1v) is 12.6. The van der Waals surface area contributed by atoms with Gasteiger partial charge in [-0.05, 0) is 25.7 Å². The van der Waals surface area contributed by atoms with Crippen LogP contribution in [0.3, 0.4) is 0 Å². The van der Waals surface area contributed by atoms with Crippen LogP contribution in [-0.2, 0) is 18.9 Å². The lowest BCUT2D eigenvalue weighted by Gasteiger charge is -2.32. The normalized spacial score (nSPS) is 32.0. The highest BCUT2D eigenvalue weighted by molar-refractivity contribution is 5.11. The van der Waals surface area contributed by atoms with E-state index in [0.29, 0.717) is 0 Å². The van der Waals surface area contributed by atoms with E-state index in [-0.39, 0.29) is 24.6 Å². The lowest BCUT2D eigenvalue weighted by atomic mass is 9.94. The number of aromatic nitrogens is 2. The highest BCUT2D eigenvalue weighted by Crippen LogP contribution is 2.41. The van der Waals surface area contributed by atoms with Crippen molar-refractivity contribution in [1.82, 2.24) is 9.97 Å². The van der Waals surface area contributed by atoms with E-state index in [9.17, 15) is 20.4 Å². The summed E-state index contributed by atoms with van der Waals surface area (Å²) < 4.78 is 23.7. The molecule has 190 valence electrons. The van der Waals surface area contributed by atoms with Crippen molar-refractivity contribution in [3.63, 3.8) is 0 Å². The topological polar surface area (TPSA) is 144 Å². The molecule has 1 aromatic heterocycles. The minimum atomic E-state index is -1.33. The monoisotopic (exact) mass is 480 g/mol. The second kappa shape index (κ2) is 10.0. The Balaban J connectivity index is 1.17. The Morgan fingerprint density at radius 1 is 0.647 bits per heavy atom. The summed E-state index contributed by atoms with van der Waals surface area (Å²) in [4.78, 5) is 8.35. The van der Waals surface area contributed by atoms with Crippen LogP contribution >= 0.6 is 0 Å². The Bertz CT molecular complexity index is 745. The molecule has 2 aliphatic heterocycles. The van der Waals surface area contributed by atoms with E-state index in [1.165, 1.54) is 12.4 Å². The third kappa shape index (κ3) is 4.87. The summed E-state index contributed by atoms with van der Waals surface area (Å²) >= 11 is 0. The minimum Gasteiger partial charge on any atom is -0.387 e. The summed E-state index contributed by atoms with van der Waals surface area (Å²) in [6, 6.07) is 0. The fourth-order valence-electron chi connectivity index (χ4n) is 5.61. The lowest BCUT2D eigenvalue weighted by molar-refractivity contribution is -0.201. The van der Waals surface area contributed by atoms with Crippen LogP contribution in [0.15, 0.2) is 12.4 Å². The Hall–Kier alpha value is -1.24. The largest absolute Gasteiger partial charge is 0.387 e. The van der Waals surface area contributed by atoms with Gasteiger partial charge >= 0.3 is 0 Å². The van der Waals surface area contributed by atoms with Crippen LogP contribution in [0.1, 0.15) is 87.8 Å². The van der Waals surface area contributed by atoms with Crippen molar-refractivity contribution in [2.24, 2.45) is 0 Å². The molecule has 0 amide bonds. The number of aliphatic hydroxyl groups is 4. The van der Waals surface area contributed by atoms with Gasteiger partial charge in [-0.25, -0.2) is 0 Å². The number of rotatable bonds is 6. The van der Waals surface area contributed by atoms with Crippen LogP contribution < -0.4 is 0 Å². The van der Waals surface area contributed by atoms with Gasteiger partial charge in [-0.2, -0.15) is 0 Å². The summed E-state index contributed by atoms with van der Waals surface area (Å²) in [6.45, 7) is 0.416. The highest BCUT2D eigenvalue weighted by atomic mass is 16.8. The zero-order valence-corrected chi connectivity index (χ0v) is 19.4. The maximum absolute atomic E-state index is 10.7. The first-order chi connectivity index (χ1) is 16.4. The first kappa shape index (κ1) is 24.5. The van der Waals surface area contributed by atoms with Crippen molar-refractivity contribution < 1.29 is 39.4 Å². The standard InChI is InChI=1S/C24H36N2O8/c27-19(21(29)17-13-31-23(33-17)7-3-1-4-8-23)15-11-26-16(12-25-15)20(28)22(30)18-14-32-24(34-18)9-5-2-6-10-24/h11-12,17-22,27-30H,1-10,13-14H2. The smallest absolute Gasteiger partial charge is 0.169 e. The fraction of sp³-hybridized carbons (Fsp3) is 0.833. The number of ether oxygens (including phenoxy) is 4. The summed E-state index contributed by atoms with van der Waals surface area (Å²) in [6.07, 6.45) is 5.69. The Morgan fingerprint density at radius 2 is 1.03 bits per heavy atom. The molecule has 4 N–H and O–H groups in total. The van der Waals surface area contributed by atoms with Crippen LogP contribution in [0.2, 0.25) is 0 Å². The molecule has 5 rings (SSSR count). The fourth-order valence-corrected chi connectivity index (χ4v) is 5.61. The van der Waals surface area contributed by atoms with Crippen LogP contribution in [0.25, 0.3) is 0 Å². The van der Waals surface area contributed by atoms with Gasteiger partial charge in [0, 0.05) is 25.7 Å². The van der Waals surface area contributed by atoms with Crippen molar-refractivity contribution in [2.75, 3.05) is 13.2 Å². The van der Waals surface area contributed by atoms with Crippen molar-refractivity contribution in [3.05, 3.63) is 23.8 Å². The van der Waals surface area contributed by atoms with Gasteiger partial charge in [0.1, 0.15) is 36.6 Å². The zero-order chi connectivity index (χ0) is 23.8. The van der Waals surface area contributed by atoms with Crippen LogP contribution in [0.5, 0.6) is 0 Å². The third-order valence-electron chi connectivity index (χ3n) is 7.69. The average Bonchev–Trinajstić information content (AvgIpc) is 3.48. The third-order valence-corrected chi connectivity index (χ3v) is 7.69. The number of aliphatic hydroxyl groups excluding tert-OH is 4. The Kier molecular flexibility index (Phi) is 7.21. The van der Waals surface area contributed by atoms with E-state index < -0.39 is 48.2 Å². The van der Waals surface area contributed by atoms with Gasteiger partial charge < -0.3 is 39.4 Å². The second-order valence-corrected chi connectivity index (χ2v) is 10.1. The van der Waals surface area contributed by atoms with E-state index >= 15 is 0 Å². The molecule has 2 aliphatic carbocycles. The van der Waals surface area contributed by atoms with Gasteiger partial charge in [-0.15, -0.1) is 0 Å². The molecular formula is C24H36N2O8. The predicted molar refractivity (Wildman–Crippen MR) is 117 cm³/mol. The quantitative estimate of drug-likeness (QED) is 0.472. The predicted octanol–water partition coefficient (Wildman–Crippen LogP) is 1.42. The summed E-state index contributed by atoms with van der Waals surface area (Å²) in [5, 5.41) is 42.7. The minimum absolute atomic E-state index is 0.146. The Morgan fingerprint density at radius 3 is 1.38 bits per heavy atom. The molecule has 4 aliphatic rings. The maximum atomic E-state index is 10.7.